The van der Waals surface area contributed by atoms with Crippen LogP contribution >= 0.6 is 0 Å². The summed E-state index contributed by atoms with van der Waals surface area (Å²) in [6.45, 7) is 1.28. The maximum absolute atomic E-state index is 11.8. The van der Waals surface area contributed by atoms with E-state index in [1.54, 1.807) is 18.0 Å². The Morgan fingerprint density at radius 3 is 2.86 bits per heavy atom. The number of methoxy groups -OCH3 is 1. The minimum absolute atomic E-state index is 0.145. The number of hydrogen-bond donors (Lipinski definition) is 3. The number of amides is 2. The van der Waals surface area contributed by atoms with Gasteiger partial charge < -0.3 is 20.5 Å². The summed E-state index contributed by atoms with van der Waals surface area (Å²) in [5.41, 5.74) is -0.235. The second kappa shape index (κ2) is 6.57. The molecule has 1 aliphatic carbocycles. The van der Waals surface area contributed by atoms with Crippen molar-refractivity contribution in [2.24, 2.45) is 5.41 Å². The van der Waals surface area contributed by atoms with E-state index in [-0.39, 0.29) is 6.54 Å². The molecule has 21 heavy (non-hydrogen) atoms. The number of urea groups is 1. The molecule has 0 aliphatic heterocycles. The number of carbonyl (C=O) groups excluding carboxylic acids is 1. The monoisotopic (exact) mass is 296 g/mol. The number of hydrogen-bond acceptors (Lipinski definition) is 4. The van der Waals surface area contributed by atoms with Crippen LogP contribution in [-0.2, 0) is 16.1 Å². The van der Waals surface area contributed by atoms with Gasteiger partial charge in [0.1, 0.15) is 0 Å². The first-order valence-corrected chi connectivity index (χ1v) is 6.85. The fourth-order valence-corrected chi connectivity index (χ4v) is 2.23. The van der Waals surface area contributed by atoms with E-state index in [2.05, 4.69) is 15.7 Å². The van der Waals surface area contributed by atoms with Crippen molar-refractivity contribution < 1.29 is 19.4 Å². The zero-order valence-corrected chi connectivity index (χ0v) is 12.0. The van der Waals surface area contributed by atoms with E-state index in [0.717, 1.165) is 6.42 Å². The van der Waals surface area contributed by atoms with E-state index in [1.807, 2.05) is 0 Å². The molecule has 3 N–H and O–H groups in total. The largest absolute Gasteiger partial charge is 0.481 e. The Kier molecular flexibility index (Phi) is 4.79. The van der Waals surface area contributed by atoms with Crippen molar-refractivity contribution >= 4 is 17.7 Å². The first kappa shape index (κ1) is 15.3. The van der Waals surface area contributed by atoms with Crippen molar-refractivity contribution in [3.63, 3.8) is 0 Å². The van der Waals surface area contributed by atoms with Gasteiger partial charge in [-0.3, -0.25) is 9.48 Å². The third-order valence-corrected chi connectivity index (χ3v) is 3.77. The molecular weight excluding hydrogens is 276 g/mol. The van der Waals surface area contributed by atoms with Crippen LogP contribution in [0.2, 0.25) is 0 Å². The van der Waals surface area contributed by atoms with Crippen LogP contribution in [0.4, 0.5) is 10.5 Å². The predicted molar refractivity (Wildman–Crippen MR) is 75.0 cm³/mol. The molecule has 0 saturated heterocycles. The standard InChI is InChI=1S/C13H20N4O4/c1-21-6-5-17-8-10(7-15-17)16-12(20)14-9-13(11(18)19)3-2-4-13/h7-8H,2-6,9H2,1H3,(H,18,19)(H2,14,16,20). The number of carboxylic acids is 1. The lowest BCUT2D eigenvalue weighted by atomic mass is 9.69. The van der Waals surface area contributed by atoms with Crippen LogP contribution < -0.4 is 10.6 Å². The van der Waals surface area contributed by atoms with Gasteiger partial charge in [0.05, 0.1) is 30.5 Å². The summed E-state index contributed by atoms with van der Waals surface area (Å²) in [4.78, 5) is 22.9. The highest BCUT2D eigenvalue weighted by Crippen LogP contribution is 2.40. The molecule has 0 bridgehead atoms. The lowest BCUT2D eigenvalue weighted by molar-refractivity contribution is -0.153. The zero-order chi connectivity index (χ0) is 15.3. The van der Waals surface area contributed by atoms with Gasteiger partial charge in [-0.2, -0.15) is 5.10 Å². The van der Waals surface area contributed by atoms with Crippen molar-refractivity contribution in [2.45, 2.75) is 25.8 Å². The van der Waals surface area contributed by atoms with Gasteiger partial charge in [-0.1, -0.05) is 6.42 Å². The Morgan fingerprint density at radius 1 is 1.52 bits per heavy atom. The van der Waals surface area contributed by atoms with Crippen molar-refractivity contribution in [3.8, 4) is 0 Å². The second-order valence-corrected chi connectivity index (χ2v) is 5.23. The molecule has 1 fully saturated rings. The van der Waals surface area contributed by atoms with Crippen LogP contribution in [0.15, 0.2) is 12.4 Å². The average Bonchev–Trinajstić information content (AvgIpc) is 2.82. The summed E-state index contributed by atoms with van der Waals surface area (Å²) < 4.78 is 6.59. The molecule has 0 unspecified atom stereocenters. The lowest BCUT2D eigenvalue weighted by Gasteiger charge is -2.37. The smallest absolute Gasteiger partial charge is 0.319 e. The van der Waals surface area contributed by atoms with Gasteiger partial charge >= 0.3 is 12.0 Å². The van der Waals surface area contributed by atoms with Crippen molar-refractivity contribution in [1.29, 1.82) is 0 Å². The lowest BCUT2D eigenvalue weighted by Crippen LogP contribution is -2.48. The highest BCUT2D eigenvalue weighted by Gasteiger charge is 2.44. The van der Waals surface area contributed by atoms with Gasteiger partial charge in [0.2, 0.25) is 0 Å². The van der Waals surface area contributed by atoms with Crippen LogP contribution in [-0.4, -0.2) is 47.1 Å². The van der Waals surface area contributed by atoms with Gasteiger partial charge in [-0.25, -0.2) is 4.79 Å². The van der Waals surface area contributed by atoms with Crippen molar-refractivity contribution in [3.05, 3.63) is 12.4 Å². The average molecular weight is 296 g/mol. The summed E-state index contributed by atoms with van der Waals surface area (Å²) in [5.74, 6) is -0.846. The number of carbonyl (C=O) groups is 2. The van der Waals surface area contributed by atoms with Gasteiger partial charge in [-0.05, 0) is 12.8 Å². The highest BCUT2D eigenvalue weighted by atomic mass is 16.5. The zero-order valence-electron chi connectivity index (χ0n) is 12.0. The molecule has 8 heteroatoms. The Bertz CT molecular complexity index is 510. The van der Waals surface area contributed by atoms with E-state index in [1.165, 1.54) is 6.20 Å². The number of rotatable bonds is 7. The molecule has 1 heterocycles. The van der Waals surface area contributed by atoms with E-state index >= 15 is 0 Å². The molecule has 2 amide bonds. The Balaban J connectivity index is 1.79. The van der Waals surface area contributed by atoms with E-state index in [9.17, 15) is 14.7 Å². The fraction of sp³-hybridized carbons (Fsp3) is 0.615. The summed E-state index contributed by atoms with van der Waals surface area (Å²) >= 11 is 0. The SMILES string of the molecule is COCCn1cc(NC(=O)NCC2(C(=O)O)CCC2)cn1. The molecule has 1 aliphatic rings. The Hall–Kier alpha value is -2.09. The first-order valence-electron chi connectivity index (χ1n) is 6.85. The van der Waals surface area contributed by atoms with Crippen molar-refractivity contribution in [1.82, 2.24) is 15.1 Å². The second-order valence-electron chi connectivity index (χ2n) is 5.23. The highest BCUT2D eigenvalue weighted by molar-refractivity contribution is 5.89. The number of aliphatic carboxylic acids is 1. The molecule has 0 spiro atoms. The molecule has 0 atom stereocenters. The van der Waals surface area contributed by atoms with Crippen LogP contribution in [0.1, 0.15) is 19.3 Å². The molecule has 0 aromatic carbocycles. The minimum Gasteiger partial charge on any atom is -0.481 e. The van der Waals surface area contributed by atoms with E-state index < -0.39 is 17.4 Å². The van der Waals surface area contributed by atoms with Crippen LogP contribution in [0.25, 0.3) is 0 Å². The topological polar surface area (TPSA) is 105 Å². The predicted octanol–water partition coefficient (Wildman–Crippen LogP) is 0.906. The number of ether oxygens (including phenoxy) is 1. The van der Waals surface area contributed by atoms with E-state index in [0.29, 0.717) is 31.7 Å². The number of aromatic nitrogens is 2. The molecule has 1 aromatic heterocycles. The van der Waals surface area contributed by atoms with Gasteiger partial charge in [0.15, 0.2) is 0 Å². The van der Waals surface area contributed by atoms with Crippen molar-refractivity contribution in [2.75, 3.05) is 25.6 Å². The molecule has 8 nitrogen and oxygen atoms in total. The Morgan fingerprint density at radius 2 is 2.29 bits per heavy atom. The third-order valence-electron chi connectivity index (χ3n) is 3.77. The molecule has 1 saturated carbocycles. The maximum atomic E-state index is 11.8. The quantitative estimate of drug-likeness (QED) is 0.693. The third kappa shape index (κ3) is 3.72. The van der Waals surface area contributed by atoms with Crippen LogP contribution in [0.5, 0.6) is 0 Å². The fourth-order valence-electron chi connectivity index (χ4n) is 2.23. The molecule has 1 aromatic rings. The summed E-state index contributed by atoms with van der Waals surface area (Å²) in [6.07, 6.45) is 5.33. The number of anilines is 1. The van der Waals surface area contributed by atoms with Crippen LogP contribution in [0.3, 0.4) is 0 Å². The maximum Gasteiger partial charge on any atom is 0.319 e. The summed E-state index contributed by atoms with van der Waals surface area (Å²) in [6, 6.07) is -0.422. The number of nitrogens with zero attached hydrogens (tertiary/aromatic N) is 2. The molecule has 0 radical (unpaired) electrons. The minimum atomic E-state index is -0.846. The van der Waals surface area contributed by atoms with Crippen LogP contribution in [0, 0.1) is 5.41 Å². The number of nitrogens with one attached hydrogen (secondary N) is 2. The van der Waals surface area contributed by atoms with E-state index in [4.69, 9.17) is 4.74 Å². The molecule has 116 valence electrons. The molecular formula is C13H20N4O4. The normalized spacial score (nSPS) is 16.0. The van der Waals surface area contributed by atoms with Gasteiger partial charge in [0, 0.05) is 19.9 Å². The molecule has 2 rings (SSSR count). The Labute approximate surface area is 122 Å². The summed E-state index contributed by atoms with van der Waals surface area (Å²) in [7, 11) is 1.61. The number of carboxylic acid groups (broad SMARTS) is 1. The van der Waals surface area contributed by atoms with Gasteiger partial charge in [0.25, 0.3) is 0 Å². The first-order chi connectivity index (χ1) is 10.1. The van der Waals surface area contributed by atoms with Gasteiger partial charge in [-0.15, -0.1) is 0 Å². The summed E-state index contributed by atoms with van der Waals surface area (Å²) in [5, 5.41) is 18.5.